The SMILES string of the molecule is CC(C)C(=O)Nc1cncc(-c2ccc3[nH]nc(-c4cc5c(-c6cccs6)ccnc5[nH]4)c3n2)c1. The van der Waals surface area contributed by atoms with Gasteiger partial charge in [-0.2, -0.15) is 5.10 Å². The summed E-state index contributed by atoms with van der Waals surface area (Å²) in [6.45, 7) is 3.71. The van der Waals surface area contributed by atoms with Crippen molar-refractivity contribution >= 4 is 45.0 Å². The van der Waals surface area contributed by atoms with Gasteiger partial charge in [-0.1, -0.05) is 19.9 Å². The molecule has 0 fully saturated rings. The second-order valence-corrected chi connectivity index (χ2v) is 9.50. The number of hydrogen-bond donors (Lipinski definition) is 3. The Hall–Kier alpha value is -4.37. The molecular formula is C26H21N7OS. The number of rotatable bonds is 5. The average Bonchev–Trinajstić information content (AvgIpc) is 3.62. The van der Waals surface area contributed by atoms with Crippen molar-refractivity contribution in [1.29, 1.82) is 0 Å². The summed E-state index contributed by atoms with van der Waals surface area (Å²) in [5.74, 6) is -0.174. The zero-order chi connectivity index (χ0) is 23.9. The second-order valence-electron chi connectivity index (χ2n) is 8.55. The fraction of sp³-hybridized carbons (Fsp3) is 0.115. The van der Waals surface area contributed by atoms with Crippen molar-refractivity contribution in [3.63, 3.8) is 0 Å². The van der Waals surface area contributed by atoms with Gasteiger partial charge in [0.1, 0.15) is 16.9 Å². The van der Waals surface area contributed by atoms with E-state index in [1.807, 2.05) is 50.4 Å². The first-order valence-electron chi connectivity index (χ1n) is 11.2. The third kappa shape index (κ3) is 3.85. The van der Waals surface area contributed by atoms with Crippen LogP contribution < -0.4 is 5.32 Å². The molecule has 0 aromatic carbocycles. The van der Waals surface area contributed by atoms with Crippen LogP contribution in [-0.2, 0) is 4.79 Å². The van der Waals surface area contributed by atoms with Crippen LogP contribution in [0.2, 0.25) is 0 Å². The lowest BCUT2D eigenvalue weighted by atomic mass is 10.1. The van der Waals surface area contributed by atoms with Gasteiger partial charge in [0.25, 0.3) is 0 Å². The zero-order valence-electron chi connectivity index (χ0n) is 19.0. The number of carbonyl (C=O) groups is 1. The number of nitrogens with one attached hydrogen (secondary N) is 3. The highest BCUT2D eigenvalue weighted by Crippen LogP contribution is 2.35. The van der Waals surface area contributed by atoms with Crippen molar-refractivity contribution in [2.75, 3.05) is 5.32 Å². The van der Waals surface area contributed by atoms with Crippen molar-refractivity contribution in [1.82, 2.24) is 30.1 Å². The molecule has 9 heteroatoms. The van der Waals surface area contributed by atoms with Crippen molar-refractivity contribution in [2.45, 2.75) is 13.8 Å². The molecule has 3 N–H and O–H groups in total. The zero-order valence-corrected chi connectivity index (χ0v) is 19.9. The molecule has 0 spiro atoms. The van der Waals surface area contributed by atoms with Crippen LogP contribution in [-0.4, -0.2) is 36.0 Å². The Morgan fingerprint density at radius 1 is 1.11 bits per heavy atom. The lowest BCUT2D eigenvalue weighted by molar-refractivity contribution is -0.118. The third-order valence-corrected chi connectivity index (χ3v) is 6.71. The number of pyridine rings is 3. The fourth-order valence-corrected chi connectivity index (χ4v) is 4.75. The molecule has 0 radical (unpaired) electrons. The molecule has 0 aliphatic carbocycles. The fourth-order valence-electron chi connectivity index (χ4n) is 3.98. The molecule has 6 heterocycles. The standard InChI is InChI=1S/C26H21N7OS/c1-14(2)26(34)29-16-10-15(12-27-13-16)19-5-6-20-23(30-19)24(33-32-20)21-11-18-17(22-4-3-9-35-22)7-8-28-25(18)31-21/h3-14H,1-2H3,(H,28,31)(H,29,34)(H,32,33). The lowest BCUT2D eigenvalue weighted by Gasteiger charge is -2.08. The smallest absolute Gasteiger partial charge is 0.226 e. The number of anilines is 1. The van der Waals surface area contributed by atoms with E-state index in [2.05, 4.69) is 48.0 Å². The predicted molar refractivity (Wildman–Crippen MR) is 139 cm³/mol. The van der Waals surface area contributed by atoms with Gasteiger partial charge >= 0.3 is 0 Å². The molecule has 6 aromatic heterocycles. The minimum absolute atomic E-state index is 0.0566. The maximum Gasteiger partial charge on any atom is 0.226 e. The molecule has 6 rings (SSSR count). The predicted octanol–water partition coefficient (Wildman–Crippen LogP) is 5.89. The van der Waals surface area contributed by atoms with Gasteiger partial charge < -0.3 is 10.3 Å². The number of thiophene rings is 1. The summed E-state index contributed by atoms with van der Waals surface area (Å²) < 4.78 is 0. The molecule has 6 aromatic rings. The minimum Gasteiger partial charge on any atom is -0.338 e. The Morgan fingerprint density at radius 2 is 2.03 bits per heavy atom. The van der Waals surface area contributed by atoms with Crippen LogP contribution in [0.4, 0.5) is 5.69 Å². The molecule has 35 heavy (non-hydrogen) atoms. The first kappa shape index (κ1) is 21.2. The van der Waals surface area contributed by atoms with E-state index >= 15 is 0 Å². The molecule has 0 bridgehead atoms. The largest absolute Gasteiger partial charge is 0.338 e. The van der Waals surface area contributed by atoms with Gasteiger partial charge in [-0.05, 0) is 41.8 Å². The highest BCUT2D eigenvalue weighted by Gasteiger charge is 2.16. The van der Waals surface area contributed by atoms with Gasteiger partial charge in [-0.25, -0.2) is 9.97 Å². The van der Waals surface area contributed by atoms with Crippen molar-refractivity contribution in [3.8, 4) is 33.1 Å². The highest BCUT2D eigenvalue weighted by molar-refractivity contribution is 7.13. The summed E-state index contributed by atoms with van der Waals surface area (Å²) in [6.07, 6.45) is 5.18. The first-order valence-corrected chi connectivity index (χ1v) is 12.1. The number of hydrogen-bond acceptors (Lipinski definition) is 6. The number of H-pyrrole nitrogens is 2. The number of nitrogens with zero attached hydrogens (tertiary/aromatic N) is 4. The van der Waals surface area contributed by atoms with Gasteiger partial charge in [0, 0.05) is 39.7 Å². The van der Waals surface area contributed by atoms with Crippen LogP contribution in [0.15, 0.2) is 66.4 Å². The van der Waals surface area contributed by atoms with E-state index in [9.17, 15) is 4.79 Å². The molecule has 0 unspecified atom stereocenters. The van der Waals surface area contributed by atoms with Gasteiger partial charge in [0.2, 0.25) is 5.91 Å². The number of aromatic nitrogens is 6. The molecule has 0 saturated carbocycles. The number of aromatic amines is 2. The third-order valence-electron chi connectivity index (χ3n) is 5.81. The monoisotopic (exact) mass is 479 g/mol. The van der Waals surface area contributed by atoms with Crippen LogP contribution in [0.1, 0.15) is 13.8 Å². The van der Waals surface area contributed by atoms with Gasteiger partial charge in [0.15, 0.2) is 0 Å². The summed E-state index contributed by atoms with van der Waals surface area (Å²) in [4.78, 5) is 30.4. The van der Waals surface area contributed by atoms with E-state index < -0.39 is 0 Å². The summed E-state index contributed by atoms with van der Waals surface area (Å²) in [5.41, 5.74) is 7.23. The molecule has 0 atom stereocenters. The molecule has 0 saturated heterocycles. The minimum atomic E-state index is -0.118. The molecule has 172 valence electrons. The summed E-state index contributed by atoms with van der Waals surface area (Å²) in [7, 11) is 0. The van der Waals surface area contributed by atoms with Crippen LogP contribution in [0.25, 0.3) is 55.2 Å². The van der Waals surface area contributed by atoms with Gasteiger partial charge in [0.05, 0.1) is 28.8 Å². The molecule has 8 nitrogen and oxygen atoms in total. The van der Waals surface area contributed by atoms with E-state index in [0.717, 1.165) is 44.6 Å². The van der Waals surface area contributed by atoms with Crippen LogP contribution in [0, 0.1) is 5.92 Å². The summed E-state index contributed by atoms with van der Waals surface area (Å²) in [6, 6.07) is 14.0. The summed E-state index contributed by atoms with van der Waals surface area (Å²) in [5, 5.41) is 13.6. The normalized spacial score (nSPS) is 11.5. The van der Waals surface area contributed by atoms with E-state index in [4.69, 9.17) is 4.98 Å². The van der Waals surface area contributed by atoms with E-state index in [0.29, 0.717) is 11.4 Å². The Labute approximate surface area is 204 Å². The molecular weight excluding hydrogens is 458 g/mol. The Balaban J connectivity index is 1.41. The molecule has 0 aliphatic heterocycles. The quantitative estimate of drug-likeness (QED) is 0.286. The van der Waals surface area contributed by atoms with Gasteiger partial charge in [-0.15, -0.1) is 11.3 Å². The maximum absolute atomic E-state index is 12.1. The topological polar surface area (TPSA) is 112 Å². The van der Waals surface area contributed by atoms with Crippen molar-refractivity contribution in [3.05, 3.63) is 66.4 Å². The lowest BCUT2D eigenvalue weighted by Crippen LogP contribution is -2.17. The first-order chi connectivity index (χ1) is 17.1. The van der Waals surface area contributed by atoms with Crippen molar-refractivity contribution < 1.29 is 4.79 Å². The Morgan fingerprint density at radius 3 is 2.86 bits per heavy atom. The van der Waals surface area contributed by atoms with E-state index in [1.165, 1.54) is 4.88 Å². The maximum atomic E-state index is 12.1. The number of carbonyl (C=O) groups excluding carboxylic acids is 1. The Bertz CT molecular complexity index is 1680. The van der Waals surface area contributed by atoms with Crippen molar-refractivity contribution in [2.24, 2.45) is 5.92 Å². The van der Waals surface area contributed by atoms with Crippen LogP contribution in [0.5, 0.6) is 0 Å². The highest BCUT2D eigenvalue weighted by atomic mass is 32.1. The molecule has 1 amide bonds. The van der Waals surface area contributed by atoms with E-state index in [-0.39, 0.29) is 11.8 Å². The number of amides is 1. The average molecular weight is 480 g/mol. The second kappa shape index (κ2) is 8.44. The molecule has 0 aliphatic rings. The van der Waals surface area contributed by atoms with Gasteiger partial charge in [-0.3, -0.25) is 14.9 Å². The number of fused-ring (bicyclic) bond motifs is 2. The van der Waals surface area contributed by atoms with Crippen LogP contribution in [0.3, 0.4) is 0 Å². The van der Waals surface area contributed by atoms with E-state index in [1.54, 1.807) is 23.7 Å². The Kier molecular flexibility index (Phi) is 5.11. The summed E-state index contributed by atoms with van der Waals surface area (Å²) >= 11 is 1.70. The van der Waals surface area contributed by atoms with Crippen LogP contribution >= 0.6 is 11.3 Å².